The Labute approximate surface area is 273 Å². The summed E-state index contributed by atoms with van der Waals surface area (Å²) in [5.41, 5.74) is 7.72. The van der Waals surface area contributed by atoms with Crippen LogP contribution in [0.2, 0.25) is 0 Å². The third kappa shape index (κ3) is 8.72. The molecule has 2 aromatic heterocycles. The van der Waals surface area contributed by atoms with Gasteiger partial charge in [-0.1, -0.05) is 24.3 Å². The van der Waals surface area contributed by atoms with Gasteiger partial charge in [-0.15, -0.1) is 0 Å². The summed E-state index contributed by atoms with van der Waals surface area (Å²) in [7, 11) is -3.17. The number of nitrogens with zero attached hydrogens (tertiary/aromatic N) is 5. The van der Waals surface area contributed by atoms with Crippen molar-refractivity contribution >= 4 is 9.84 Å². The average Bonchev–Trinajstić information content (AvgIpc) is 3.69. The molecule has 46 heavy (non-hydrogen) atoms. The molecule has 2 fully saturated rings. The van der Waals surface area contributed by atoms with Crippen molar-refractivity contribution in [3.8, 4) is 6.07 Å². The molecule has 0 amide bonds. The highest BCUT2D eigenvalue weighted by Gasteiger charge is 2.21. The highest BCUT2D eigenvalue weighted by molar-refractivity contribution is 7.90. The van der Waals surface area contributed by atoms with Crippen LogP contribution in [0, 0.1) is 11.3 Å². The predicted octanol–water partition coefficient (Wildman–Crippen LogP) is 5.20. The normalized spacial score (nSPS) is 16.0. The smallest absolute Gasteiger partial charge is 0.175 e. The van der Waals surface area contributed by atoms with E-state index < -0.39 is 9.84 Å². The molecule has 6 rings (SSSR count). The van der Waals surface area contributed by atoms with Crippen LogP contribution >= 0.6 is 0 Å². The maximum atomic E-state index is 11.7. The van der Waals surface area contributed by atoms with Crippen molar-refractivity contribution in [2.24, 2.45) is 0 Å². The Bertz CT molecular complexity index is 1720. The van der Waals surface area contributed by atoms with Gasteiger partial charge in [0, 0.05) is 55.4 Å². The molecule has 10 heteroatoms. The van der Waals surface area contributed by atoms with Crippen LogP contribution in [-0.4, -0.2) is 60.4 Å². The fourth-order valence-electron chi connectivity index (χ4n) is 6.55. The van der Waals surface area contributed by atoms with E-state index >= 15 is 0 Å². The molecule has 0 atom stereocenters. The molecule has 2 saturated heterocycles. The van der Waals surface area contributed by atoms with Gasteiger partial charge < -0.3 is 10.6 Å². The first-order valence-corrected chi connectivity index (χ1v) is 18.5. The van der Waals surface area contributed by atoms with Gasteiger partial charge in [0.15, 0.2) is 9.84 Å². The number of hydrogen-bond acceptors (Lipinski definition) is 7. The fourth-order valence-corrected chi connectivity index (χ4v) is 7.24. The second-order valence-corrected chi connectivity index (χ2v) is 14.4. The van der Waals surface area contributed by atoms with Crippen LogP contribution in [0.25, 0.3) is 0 Å². The Morgan fingerprint density at radius 2 is 1.26 bits per heavy atom. The first kappa shape index (κ1) is 33.6. The zero-order valence-corrected chi connectivity index (χ0v) is 28.2. The highest BCUT2D eigenvalue weighted by atomic mass is 32.2. The Hall–Kier alpha value is -3.78. The van der Waals surface area contributed by atoms with Gasteiger partial charge in [-0.25, -0.2) is 8.42 Å². The summed E-state index contributed by atoms with van der Waals surface area (Å²) >= 11 is 0. The number of hydrogen-bond donors (Lipinski definition) is 2. The zero-order valence-electron chi connectivity index (χ0n) is 27.4. The largest absolute Gasteiger partial charge is 0.317 e. The predicted molar refractivity (Wildman–Crippen MR) is 182 cm³/mol. The maximum absolute atomic E-state index is 11.7. The second-order valence-electron chi connectivity index (χ2n) is 12.4. The Kier molecular flexibility index (Phi) is 11.4. The van der Waals surface area contributed by atoms with Crippen LogP contribution in [0.3, 0.4) is 0 Å². The molecule has 0 saturated carbocycles. The van der Waals surface area contributed by atoms with E-state index in [1.54, 1.807) is 18.2 Å². The minimum absolute atomic E-state index is 0.369. The SMILES string of the molecule is CCn1nc(Cc2ccc(C#N)cc2)cc1C1CCNCC1.CCn1nc(Cc2cccc(S(C)(=O)=O)c2)cc1C1CCNCC1. The lowest BCUT2D eigenvalue weighted by Gasteiger charge is -2.23. The summed E-state index contributed by atoms with van der Waals surface area (Å²) in [5.74, 6) is 1.19. The Balaban J connectivity index is 0.000000182. The number of nitriles is 1. The van der Waals surface area contributed by atoms with E-state index in [0.29, 0.717) is 28.7 Å². The Morgan fingerprint density at radius 3 is 1.72 bits per heavy atom. The van der Waals surface area contributed by atoms with Crippen molar-refractivity contribution in [2.75, 3.05) is 32.4 Å². The summed E-state index contributed by atoms with van der Waals surface area (Å²) in [5, 5.41) is 25.2. The van der Waals surface area contributed by atoms with Crippen LogP contribution in [0.1, 0.15) is 90.8 Å². The summed E-state index contributed by atoms with van der Waals surface area (Å²) in [6.07, 6.45) is 7.42. The number of benzene rings is 2. The highest BCUT2D eigenvalue weighted by Crippen LogP contribution is 2.28. The van der Waals surface area contributed by atoms with Crippen LogP contribution in [-0.2, 0) is 35.8 Å². The van der Waals surface area contributed by atoms with Gasteiger partial charge in [0.05, 0.1) is 27.9 Å². The molecule has 2 aliphatic rings. The van der Waals surface area contributed by atoms with Crippen LogP contribution in [0.4, 0.5) is 0 Å². The van der Waals surface area contributed by atoms with Gasteiger partial charge in [0.1, 0.15) is 0 Å². The van der Waals surface area contributed by atoms with Crippen molar-refractivity contribution in [1.29, 1.82) is 5.26 Å². The fraction of sp³-hybridized carbons (Fsp3) is 0.472. The zero-order chi connectivity index (χ0) is 32.5. The van der Waals surface area contributed by atoms with Gasteiger partial charge in [-0.2, -0.15) is 15.5 Å². The molecule has 0 spiro atoms. The third-order valence-electron chi connectivity index (χ3n) is 9.02. The van der Waals surface area contributed by atoms with Crippen molar-refractivity contribution < 1.29 is 8.42 Å². The standard InChI is InChI=1S/C18H22N4.C18H25N3O2S/c1-2-22-18(16-7-9-20-10-8-16)12-17(21-22)11-14-3-5-15(13-19)6-4-14;1-3-21-18(15-7-9-19-10-8-15)13-16(20-21)11-14-5-4-6-17(12-14)24(2,22)23/h3-6,12,16,20H,2,7-11H2,1H3;4-6,12-13,15,19H,3,7-11H2,1-2H3. The second kappa shape index (κ2) is 15.7. The molecular formula is C36H47N7O2S. The minimum atomic E-state index is -3.17. The Morgan fingerprint density at radius 1 is 0.761 bits per heavy atom. The molecule has 0 aliphatic carbocycles. The summed E-state index contributed by atoms with van der Waals surface area (Å²) in [6.45, 7) is 10.4. The van der Waals surface area contributed by atoms with E-state index in [1.165, 1.54) is 36.0 Å². The lowest BCUT2D eigenvalue weighted by Crippen LogP contribution is -2.27. The molecule has 2 aromatic carbocycles. The molecule has 0 bridgehead atoms. The van der Waals surface area contributed by atoms with E-state index in [-0.39, 0.29) is 0 Å². The van der Waals surface area contributed by atoms with E-state index in [9.17, 15) is 8.42 Å². The molecule has 4 heterocycles. The molecule has 2 N–H and O–H groups in total. The minimum Gasteiger partial charge on any atom is -0.317 e. The molecule has 2 aliphatic heterocycles. The van der Waals surface area contributed by atoms with Gasteiger partial charge in [-0.3, -0.25) is 9.36 Å². The van der Waals surface area contributed by atoms with E-state index in [0.717, 1.165) is 75.5 Å². The molecule has 9 nitrogen and oxygen atoms in total. The van der Waals surface area contributed by atoms with Crippen LogP contribution in [0.15, 0.2) is 65.6 Å². The molecule has 0 radical (unpaired) electrons. The van der Waals surface area contributed by atoms with Crippen molar-refractivity contribution in [1.82, 2.24) is 30.2 Å². The van der Waals surface area contributed by atoms with Crippen LogP contribution in [0.5, 0.6) is 0 Å². The van der Waals surface area contributed by atoms with Crippen molar-refractivity contribution in [3.63, 3.8) is 0 Å². The average molecular weight is 642 g/mol. The number of sulfone groups is 1. The van der Waals surface area contributed by atoms with E-state index in [2.05, 4.69) is 52.0 Å². The third-order valence-corrected chi connectivity index (χ3v) is 10.1. The first-order valence-electron chi connectivity index (χ1n) is 16.6. The van der Waals surface area contributed by atoms with Gasteiger partial charge in [0.25, 0.3) is 0 Å². The summed E-state index contributed by atoms with van der Waals surface area (Å²) in [6, 6.07) is 21.6. The molecule has 4 aromatic rings. The van der Waals surface area contributed by atoms with E-state index in [1.807, 2.05) is 30.3 Å². The number of aryl methyl sites for hydroxylation is 2. The van der Waals surface area contributed by atoms with E-state index in [4.69, 9.17) is 15.5 Å². The first-order chi connectivity index (χ1) is 22.3. The number of piperidine rings is 2. The topological polar surface area (TPSA) is 118 Å². The van der Waals surface area contributed by atoms with Crippen molar-refractivity contribution in [3.05, 3.63) is 100 Å². The molecule has 244 valence electrons. The van der Waals surface area contributed by atoms with Crippen LogP contribution < -0.4 is 10.6 Å². The molecular weight excluding hydrogens is 595 g/mol. The monoisotopic (exact) mass is 641 g/mol. The number of rotatable bonds is 9. The summed E-state index contributed by atoms with van der Waals surface area (Å²) < 4.78 is 27.7. The lowest BCUT2D eigenvalue weighted by atomic mass is 9.94. The quantitative estimate of drug-likeness (QED) is 0.258. The molecule has 0 unspecified atom stereocenters. The number of aromatic nitrogens is 4. The van der Waals surface area contributed by atoms with Gasteiger partial charge >= 0.3 is 0 Å². The number of nitrogens with one attached hydrogen (secondary N) is 2. The van der Waals surface area contributed by atoms with Crippen molar-refractivity contribution in [2.45, 2.75) is 82.2 Å². The van der Waals surface area contributed by atoms with Gasteiger partial charge in [0.2, 0.25) is 0 Å². The maximum Gasteiger partial charge on any atom is 0.175 e. The van der Waals surface area contributed by atoms with Gasteiger partial charge in [-0.05, 0) is 113 Å². The lowest BCUT2D eigenvalue weighted by molar-refractivity contribution is 0.432. The summed E-state index contributed by atoms with van der Waals surface area (Å²) in [4.78, 5) is 0.369.